The fraction of sp³-hybridized carbons (Fsp3) is 0.533. The molecule has 0 atom stereocenters. The van der Waals surface area contributed by atoms with E-state index in [9.17, 15) is 4.79 Å². The number of nitrogens with one attached hydrogen (secondary N) is 1. The molecule has 1 aromatic rings. The summed E-state index contributed by atoms with van der Waals surface area (Å²) in [6, 6.07) is 6.47. The summed E-state index contributed by atoms with van der Waals surface area (Å²) in [5, 5.41) is 3.45. The molecule has 1 saturated carbocycles. The zero-order chi connectivity index (χ0) is 14.5. The molecule has 0 unspecified atom stereocenters. The Labute approximate surface area is 119 Å². The first-order valence-electron chi connectivity index (χ1n) is 6.83. The van der Waals surface area contributed by atoms with Crippen LogP contribution in [0.5, 0.6) is 11.5 Å². The van der Waals surface area contributed by atoms with E-state index < -0.39 is 0 Å². The van der Waals surface area contributed by atoms with E-state index in [0.717, 1.165) is 12.1 Å². The monoisotopic (exact) mass is 278 g/mol. The van der Waals surface area contributed by atoms with Gasteiger partial charge in [-0.25, -0.2) is 0 Å². The first kappa shape index (κ1) is 14.7. The van der Waals surface area contributed by atoms with Crippen LogP contribution >= 0.6 is 0 Å². The summed E-state index contributed by atoms with van der Waals surface area (Å²) in [5.41, 5.74) is 1.15. The van der Waals surface area contributed by atoms with Crippen LogP contribution in [0, 0.1) is 0 Å². The first-order valence-corrected chi connectivity index (χ1v) is 6.83. The minimum atomic E-state index is -0.0773. The molecule has 0 spiro atoms. The van der Waals surface area contributed by atoms with Gasteiger partial charge in [-0.3, -0.25) is 4.79 Å². The van der Waals surface area contributed by atoms with Crippen molar-refractivity contribution in [1.82, 2.24) is 10.2 Å². The molecule has 2 rings (SSSR count). The quantitative estimate of drug-likeness (QED) is 0.819. The van der Waals surface area contributed by atoms with Gasteiger partial charge in [-0.15, -0.1) is 0 Å². The van der Waals surface area contributed by atoms with Crippen molar-refractivity contribution in [2.75, 3.05) is 27.8 Å². The Hall–Kier alpha value is -1.75. The van der Waals surface area contributed by atoms with E-state index in [-0.39, 0.29) is 12.5 Å². The van der Waals surface area contributed by atoms with Gasteiger partial charge < -0.3 is 19.7 Å². The molecule has 1 aliphatic rings. The number of amides is 1. The van der Waals surface area contributed by atoms with Crippen LogP contribution < -0.4 is 14.8 Å². The number of carbonyl (C=O) groups excluding carboxylic acids is 1. The van der Waals surface area contributed by atoms with Crippen LogP contribution in [0.4, 0.5) is 0 Å². The van der Waals surface area contributed by atoms with Gasteiger partial charge in [-0.1, -0.05) is 6.07 Å². The highest BCUT2D eigenvalue weighted by molar-refractivity contribution is 5.77. The summed E-state index contributed by atoms with van der Waals surface area (Å²) < 4.78 is 10.8. The van der Waals surface area contributed by atoms with Gasteiger partial charge in [0.2, 0.25) is 0 Å². The topological polar surface area (TPSA) is 50.8 Å². The maximum Gasteiger partial charge on any atom is 0.259 e. The second kappa shape index (κ2) is 6.61. The maximum atomic E-state index is 11.5. The van der Waals surface area contributed by atoms with Gasteiger partial charge in [-0.2, -0.15) is 0 Å². The molecule has 20 heavy (non-hydrogen) atoms. The molecule has 1 aromatic carbocycles. The molecule has 1 aliphatic carbocycles. The van der Waals surface area contributed by atoms with Gasteiger partial charge in [0.25, 0.3) is 5.91 Å². The zero-order valence-corrected chi connectivity index (χ0v) is 12.3. The Bertz CT molecular complexity index is 470. The maximum absolute atomic E-state index is 11.5. The fourth-order valence-electron chi connectivity index (χ4n) is 1.76. The van der Waals surface area contributed by atoms with E-state index >= 15 is 0 Å². The number of methoxy groups -OCH3 is 1. The predicted octanol–water partition coefficient (Wildman–Crippen LogP) is 1.41. The third kappa shape index (κ3) is 4.13. The summed E-state index contributed by atoms with van der Waals surface area (Å²) in [6.07, 6.45) is 2.54. The standard InChI is InChI=1S/C15H22N2O3/c1-17(2)15(18)10-20-13-7-4-11(8-14(13)19-3)9-16-12-5-6-12/h4,7-8,12,16H,5-6,9-10H2,1-3H3. The van der Waals surface area contributed by atoms with Gasteiger partial charge in [0.1, 0.15) is 0 Å². The summed E-state index contributed by atoms with van der Waals surface area (Å²) in [7, 11) is 5.01. The first-order chi connectivity index (χ1) is 9.60. The molecule has 1 amide bonds. The lowest BCUT2D eigenvalue weighted by atomic mass is 10.2. The van der Waals surface area contributed by atoms with Crippen LogP contribution in [0.3, 0.4) is 0 Å². The highest BCUT2D eigenvalue weighted by atomic mass is 16.5. The van der Waals surface area contributed by atoms with Gasteiger partial charge in [0.05, 0.1) is 7.11 Å². The molecule has 0 saturated heterocycles. The van der Waals surface area contributed by atoms with Crippen LogP contribution in [0.15, 0.2) is 18.2 Å². The molecular formula is C15H22N2O3. The van der Waals surface area contributed by atoms with Crippen molar-refractivity contribution in [3.63, 3.8) is 0 Å². The van der Waals surface area contributed by atoms with Crippen molar-refractivity contribution in [3.8, 4) is 11.5 Å². The average molecular weight is 278 g/mol. The molecule has 0 heterocycles. The van der Waals surface area contributed by atoms with Crippen LogP contribution in [-0.4, -0.2) is 44.7 Å². The Kier molecular flexibility index (Phi) is 4.84. The average Bonchev–Trinajstić information content (AvgIpc) is 3.26. The van der Waals surface area contributed by atoms with Crippen LogP contribution in [-0.2, 0) is 11.3 Å². The lowest BCUT2D eigenvalue weighted by molar-refractivity contribution is -0.130. The van der Waals surface area contributed by atoms with E-state index in [1.807, 2.05) is 18.2 Å². The fourth-order valence-corrected chi connectivity index (χ4v) is 1.76. The number of rotatable bonds is 7. The Morgan fingerprint density at radius 1 is 1.35 bits per heavy atom. The molecule has 0 aliphatic heterocycles. The molecule has 0 aromatic heterocycles. The number of benzene rings is 1. The van der Waals surface area contributed by atoms with Crippen molar-refractivity contribution < 1.29 is 14.3 Å². The second-order valence-electron chi connectivity index (χ2n) is 5.22. The molecule has 0 radical (unpaired) electrons. The minimum Gasteiger partial charge on any atom is -0.493 e. The summed E-state index contributed by atoms with van der Waals surface area (Å²) in [4.78, 5) is 13.0. The lowest BCUT2D eigenvalue weighted by Gasteiger charge is -2.14. The minimum absolute atomic E-state index is 0.0169. The van der Waals surface area contributed by atoms with Crippen molar-refractivity contribution >= 4 is 5.91 Å². The number of hydrogen-bond acceptors (Lipinski definition) is 4. The predicted molar refractivity (Wildman–Crippen MR) is 77.0 cm³/mol. The number of hydrogen-bond donors (Lipinski definition) is 1. The Morgan fingerprint density at radius 2 is 2.10 bits per heavy atom. The summed E-state index contributed by atoms with van der Waals surface area (Å²) in [5.74, 6) is 1.18. The molecule has 0 bridgehead atoms. The molecular weight excluding hydrogens is 256 g/mol. The number of ether oxygens (including phenoxy) is 2. The van der Waals surface area contributed by atoms with E-state index in [0.29, 0.717) is 17.5 Å². The third-order valence-corrected chi connectivity index (χ3v) is 3.25. The van der Waals surface area contributed by atoms with Gasteiger partial charge in [0, 0.05) is 26.7 Å². The van der Waals surface area contributed by atoms with Crippen LogP contribution in [0.25, 0.3) is 0 Å². The molecule has 1 N–H and O–H groups in total. The Morgan fingerprint density at radius 3 is 2.70 bits per heavy atom. The van der Waals surface area contributed by atoms with Crippen molar-refractivity contribution in [2.45, 2.75) is 25.4 Å². The van der Waals surface area contributed by atoms with Crippen molar-refractivity contribution in [2.24, 2.45) is 0 Å². The highest BCUT2D eigenvalue weighted by Crippen LogP contribution is 2.28. The van der Waals surface area contributed by atoms with Crippen LogP contribution in [0.2, 0.25) is 0 Å². The van der Waals surface area contributed by atoms with E-state index in [1.54, 1.807) is 21.2 Å². The van der Waals surface area contributed by atoms with Crippen molar-refractivity contribution in [1.29, 1.82) is 0 Å². The number of nitrogens with zero attached hydrogens (tertiary/aromatic N) is 1. The number of carbonyl (C=O) groups is 1. The molecule has 1 fully saturated rings. The summed E-state index contributed by atoms with van der Waals surface area (Å²) >= 11 is 0. The molecule has 5 heteroatoms. The van der Waals surface area contributed by atoms with E-state index in [1.165, 1.54) is 17.7 Å². The van der Waals surface area contributed by atoms with Crippen molar-refractivity contribution in [3.05, 3.63) is 23.8 Å². The zero-order valence-electron chi connectivity index (χ0n) is 12.3. The van der Waals surface area contributed by atoms with E-state index in [4.69, 9.17) is 9.47 Å². The lowest BCUT2D eigenvalue weighted by Crippen LogP contribution is -2.27. The normalized spacial score (nSPS) is 13.9. The number of likely N-dealkylation sites (N-methyl/N-ethyl adjacent to an activating group) is 1. The molecule has 110 valence electrons. The van der Waals surface area contributed by atoms with E-state index in [2.05, 4.69) is 5.32 Å². The third-order valence-electron chi connectivity index (χ3n) is 3.25. The van der Waals surface area contributed by atoms with Gasteiger partial charge in [0.15, 0.2) is 18.1 Å². The SMILES string of the molecule is COc1cc(CNC2CC2)ccc1OCC(=O)N(C)C. The smallest absolute Gasteiger partial charge is 0.259 e. The van der Waals surface area contributed by atoms with Gasteiger partial charge in [-0.05, 0) is 30.5 Å². The Balaban J connectivity index is 1.95. The van der Waals surface area contributed by atoms with Crippen LogP contribution in [0.1, 0.15) is 18.4 Å². The molecule has 5 nitrogen and oxygen atoms in total. The second-order valence-corrected chi connectivity index (χ2v) is 5.22. The summed E-state index contributed by atoms with van der Waals surface area (Å²) in [6.45, 7) is 0.848. The largest absolute Gasteiger partial charge is 0.493 e. The van der Waals surface area contributed by atoms with Gasteiger partial charge >= 0.3 is 0 Å². The highest BCUT2D eigenvalue weighted by Gasteiger charge is 2.20.